The Bertz CT molecular complexity index is 1110. The van der Waals surface area contributed by atoms with Crippen LogP contribution < -0.4 is 5.32 Å². The summed E-state index contributed by atoms with van der Waals surface area (Å²) >= 11 is 7.80. The van der Waals surface area contributed by atoms with E-state index in [1.54, 1.807) is 16.7 Å². The molecule has 0 spiro atoms. The van der Waals surface area contributed by atoms with Crippen molar-refractivity contribution in [3.05, 3.63) is 106 Å². The van der Waals surface area contributed by atoms with Gasteiger partial charge in [0.15, 0.2) is 0 Å². The largest absolute Gasteiger partial charge is 0.354 e. The highest BCUT2D eigenvalue weighted by Crippen LogP contribution is 2.20. The Morgan fingerprint density at radius 1 is 0.943 bits per heavy atom. The highest BCUT2D eigenvalue weighted by atomic mass is 35.5. The summed E-state index contributed by atoms with van der Waals surface area (Å²) in [4.78, 5) is 28.6. The van der Waals surface area contributed by atoms with Crippen LogP contribution in [-0.2, 0) is 28.3 Å². The van der Waals surface area contributed by atoms with Crippen molar-refractivity contribution in [1.29, 1.82) is 0 Å². The van der Waals surface area contributed by atoms with Gasteiger partial charge in [-0.3, -0.25) is 9.59 Å². The first-order valence-corrected chi connectivity index (χ1v) is 13.5. The van der Waals surface area contributed by atoms with Gasteiger partial charge in [0.2, 0.25) is 11.8 Å². The fourth-order valence-electron chi connectivity index (χ4n) is 3.89. The number of hydrogen-bond acceptors (Lipinski definition) is 3. The number of halogens is 1. The van der Waals surface area contributed by atoms with Gasteiger partial charge in [-0.15, -0.1) is 11.8 Å². The first-order chi connectivity index (χ1) is 17.0. The molecule has 0 aliphatic rings. The summed E-state index contributed by atoms with van der Waals surface area (Å²) in [7, 11) is 0. The van der Waals surface area contributed by atoms with Crippen molar-refractivity contribution < 1.29 is 9.59 Å². The van der Waals surface area contributed by atoms with Crippen LogP contribution in [0, 0.1) is 6.92 Å². The van der Waals surface area contributed by atoms with Gasteiger partial charge in [-0.25, -0.2) is 0 Å². The standard InChI is InChI=1S/C29H33ClN2O2S/c1-3-15-31-29(34)27(18-23-10-5-4-6-11-23)32(19-24-12-8-14-26(30)17-24)28(33)21-35-20-25-13-7-9-22(2)16-25/h4-14,16-17,27H,3,15,18-21H2,1-2H3,(H,31,34)/t27-/m0/s1. The Labute approximate surface area is 218 Å². The molecule has 6 heteroatoms. The van der Waals surface area contributed by atoms with Crippen molar-refractivity contribution in [2.75, 3.05) is 12.3 Å². The maximum absolute atomic E-state index is 13.6. The number of thioether (sulfide) groups is 1. The molecule has 3 aromatic rings. The first-order valence-electron chi connectivity index (χ1n) is 11.9. The molecular formula is C29H33ClN2O2S. The molecule has 0 bridgehead atoms. The second-order valence-corrected chi connectivity index (χ2v) is 10.1. The van der Waals surface area contributed by atoms with E-state index in [0.29, 0.717) is 30.3 Å². The molecule has 184 valence electrons. The van der Waals surface area contributed by atoms with E-state index < -0.39 is 6.04 Å². The van der Waals surface area contributed by atoms with Crippen LogP contribution in [0.4, 0.5) is 0 Å². The molecule has 4 nitrogen and oxygen atoms in total. The van der Waals surface area contributed by atoms with Crippen molar-refractivity contribution in [3.63, 3.8) is 0 Å². The lowest BCUT2D eigenvalue weighted by Crippen LogP contribution is -2.51. The van der Waals surface area contributed by atoms with Gasteiger partial charge in [0.1, 0.15) is 6.04 Å². The van der Waals surface area contributed by atoms with Gasteiger partial charge in [-0.2, -0.15) is 0 Å². The molecule has 0 fully saturated rings. The van der Waals surface area contributed by atoms with E-state index in [0.717, 1.165) is 23.3 Å². The summed E-state index contributed by atoms with van der Waals surface area (Å²) in [5, 5.41) is 3.62. The lowest BCUT2D eigenvalue weighted by Gasteiger charge is -2.31. The summed E-state index contributed by atoms with van der Waals surface area (Å²) in [5.41, 5.74) is 4.30. The summed E-state index contributed by atoms with van der Waals surface area (Å²) in [6, 6.07) is 25.0. The highest BCUT2D eigenvalue weighted by molar-refractivity contribution is 7.99. The Morgan fingerprint density at radius 3 is 2.37 bits per heavy atom. The van der Waals surface area contributed by atoms with Crippen LogP contribution in [0.15, 0.2) is 78.9 Å². The zero-order valence-corrected chi connectivity index (χ0v) is 21.9. The van der Waals surface area contributed by atoms with Gasteiger partial charge in [-0.05, 0) is 42.2 Å². The van der Waals surface area contributed by atoms with Gasteiger partial charge in [0.05, 0.1) is 5.75 Å². The predicted octanol–water partition coefficient (Wildman–Crippen LogP) is 6.05. The van der Waals surface area contributed by atoms with E-state index in [9.17, 15) is 9.59 Å². The molecule has 0 aromatic heterocycles. The second kappa shape index (κ2) is 14.0. The second-order valence-electron chi connectivity index (χ2n) is 8.63. The zero-order valence-electron chi connectivity index (χ0n) is 20.4. The van der Waals surface area contributed by atoms with Gasteiger partial charge in [0.25, 0.3) is 0 Å². The Hall–Kier alpha value is -2.76. The highest BCUT2D eigenvalue weighted by Gasteiger charge is 2.30. The molecule has 0 heterocycles. The van der Waals surface area contributed by atoms with Crippen molar-refractivity contribution in [1.82, 2.24) is 10.2 Å². The van der Waals surface area contributed by atoms with Crippen molar-refractivity contribution in [2.45, 2.75) is 45.0 Å². The van der Waals surface area contributed by atoms with Crippen LogP contribution >= 0.6 is 23.4 Å². The van der Waals surface area contributed by atoms with Crippen LogP contribution in [0.3, 0.4) is 0 Å². The van der Waals surface area contributed by atoms with Gasteiger partial charge in [0, 0.05) is 30.3 Å². The van der Waals surface area contributed by atoms with Crippen molar-refractivity contribution >= 4 is 35.2 Å². The summed E-state index contributed by atoms with van der Waals surface area (Å²) in [6.45, 7) is 4.98. The van der Waals surface area contributed by atoms with Crippen LogP contribution in [-0.4, -0.2) is 35.1 Å². The van der Waals surface area contributed by atoms with Crippen LogP contribution in [0.1, 0.15) is 35.6 Å². The number of amides is 2. The van der Waals surface area contributed by atoms with Gasteiger partial charge >= 0.3 is 0 Å². The van der Waals surface area contributed by atoms with E-state index in [2.05, 4.69) is 30.4 Å². The molecule has 0 saturated carbocycles. The quantitative estimate of drug-likeness (QED) is 0.324. The van der Waals surface area contributed by atoms with E-state index in [4.69, 9.17) is 11.6 Å². The summed E-state index contributed by atoms with van der Waals surface area (Å²) in [5.74, 6) is 0.843. The lowest BCUT2D eigenvalue weighted by molar-refractivity contribution is -0.139. The maximum atomic E-state index is 13.6. The number of carbonyl (C=O) groups excluding carboxylic acids is 2. The fraction of sp³-hybridized carbons (Fsp3) is 0.310. The molecular weight excluding hydrogens is 476 g/mol. The molecule has 2 amide bonds. The van der Waals surface area contributed by atoms with E-state index in [1.807, 2.05) is 67.6 Å². The molecule has 0 aliphatic carbocycles. The molecule has 35 heavy (non-hydrogen) atoms. The minimum Gasteiger partial charge on any atom is -0.354 e. The number of nitrogens with one attached hydrogen (secondary N) is 1. The topological polar surface area (TPSA) is 49.4 Å². The monoisotopic (exact) mass is 508 g/mol. The van der Waals surface area contributed by atoms with Gasteiger partial charge in [-0.1, -0.05) is 90.8 Å². The molecule has 1 N–H and O–H groups in total. The summed E-state index contributed by atoms with van der Waals surface area (Å²) < 4.78 is 0. The Kier molecular flexibility index (Phi) is 10.7. The number of aryl methyl sites for hydroxylation is 1. The minimum atomic E-state index is -0.616. The van der Waals surface area contributed by atoms with Crippen LogP contribution in [0.25, 0.3) is 0 Å². The molecule has 0 unspecified atom stereocenters. The smallest absolute Gasteiger partial charge is 0.243 e. The number of carbonyl (C=O) groups is 2. The van der Waals surface area contributed by atoms with E-state index in [1.165, 1.54) is 11.1 Å². The van der Waals surface area contributed by atoms with E-state index >= 15 is 0 Å². The average molecular weight is 509 g/mol. The molecule has 3 rings (SSSR count). The Morgan fingerprint density at radius 2 is 1.66 bits per heavy atom. The molecule has 0 saturated heterocycles. The molecule has 0 radical (unpaired) electrons. The first kappa shape index (κ1) is 26.8. The maximum Gasteiger partial charge on any atom is 0.243 e. The fourth-order valence-corrected chi connectivity index (χ4v) is 4.96. The molecule has 3 aromatic carbocycles. The average Bonchev–Trinajstić information content (AvgIpc) is 2.85. The summed E-state index contributed by atoms with van der Waals surface area (Å²) in [6.07, 6.45) is 1.28. The zero-order chi connectivity index (χ0) is 25.0. The lowest BCUT2D eigenvalue weighted by atomic mass is 10.0. The number of nitrogens with zero attached hydrogens (tertiary/aromatic N) is 1. The minimum absolute atomic E-state index is 0.0600. The third-order valence-corrected chi connectivity index (χ3v) is 6.86. The van der Waals surface area contributed by atoms with Gasteiger partial charge < -0.3 is 10.2 Å². The van der Waals surface area contributed by atoms with E-state index in [-0.39, 0.29) is 11.8 Å². The SMILES string of the molecule is CCCNC(=O)[C@H](Cc1ccccc1)N(Cc1cccc(Cl)c1)C(=O)CSCc1cccc(C)c1. The van der Waals surface area contributed by atoms with Crippen LogP contribution in [0.5, 0.6) is 0 Å². The molecule has 1 atom stereocenters. The third-order valence-electron chi connectivity index (χ3n) is 5.64. The third kappa shape index (κ3) is 8.75. The van der Waals surface area contributed by atoms with Crippen LogP contribution in [0.2, 0.25) is 5.02 Å². The Balaban J connectivity index is 1.83. The molecule has 0 aliphatic heterocycles. The predicted molar refractivity (Wildman–Crippen MR) is 147 cm³/mol. The van der Waals surface area contributed by atoms with Crippen molar-refractivity contribution in [3.8, 4) is 0 Å². The van der Waals surface area contributed by atoms with Crippen molar-refractivity contribution in [2.24, 2.45) is 0 Å². The number of benzene rings is 3. The number of hydrogen-bond donors (Lipinski definition) is 1. The number of rotatable bonds is 12. The normalized spacial score (nSPS) is 11.6.